The van der Waals surface area contributed by atoms with Gasteiger partial charge in [-0.2, -0.15) is 11.8 Å². The van der Waals surface area contributed by atoms with Crippen molar-refractivity contribution in [2.45, 2.75) is 24.9 Å². The smallest absolute Gasteiger partial charge is 0.148 e. The molecule has 3 N–H and O–H groups in total. The molecule has 2 aromatic rings. The highest BCUT2D eigenvalue weighted by atomic mass is 32.2. The number of nitrogens with zero attached hydrogens (tertiary/aromatic N) is 3. The Morgan fingerprint density at radius 1 is 1.33 bits per heavy atom. The molecule has 0 bridgehead atoms. The van der Waals surface area contributed by atoms with Crippen molar-refractivity contribution < 1.29 is 0 Å². The Kier molecular flexibility index (Phi) is 3.19. The lowest BCUT2D eigenvalue weighted by Crippen LogP contribution is -2.14. The molecule has 5 nitrogen and oxygen atoms in total. The number of fused-ring (bicyclic) bond motifs is 1. The van der Waals surface area contributed by atoms with Crippen molar-refractivity contribution in [1.29, 1.82) is 0 Å². The first kappa shape index (κ1) is 11.9. The molecule has 3 rings (SSSR count). The Bertz CT molecular complexity index is 581. The zero-order chi connectivity index (χ0) is 12.5. The Hall–Kier alpha value is -1.18. The molecular weight excluding hydrogens is 266 g/mol. The fourth-order valence-electron chi connectivity index (χ4n) is 1.95. The summed E-state index contributed by atoms with van der Waals surface area (Å²) in [6.45, 7) is 2.00. The molecule has 0 saturated heterocycles. The fraction of sp³-hybridized carbons (Fsp3) is 0.364. The van der Waals surface area contributed by atoms with E-state index >= 15 is 0 Å². The Balaban J connectivity index is 1.93. The molecule has 1 aliphatic heterocycles. The molecule has 0 radical (unpaired) electrons. The van der Waals surface area contributed by atoms with E-state index < -0.39 is 0 Å². The molecule has 94 valence electrons. The summed E-state index contributed by atoms with van der Waals surface area (Å²) in [5, 5.41) is 3.12. The largest absolute Gasteiger partial charge is 0.308 e. The molecule has 0 aliphatic carbocycles. The van der Waals surface area contributed by atoms with E-state index in [0.717, 1.165) is 45.1 Å². The van der Waals surface area contributed by atoms with Gasteiger partial charge >= 0.3 is 0 Å². The lowest BCUT2D eigenvalue weighted by atomic mass is 10.2. The number of aryl methyl sites for hydroxylation is 1. The van der Waals surface area contributed by atoms with Crippen LogP contribution in [0.5, 0.6) is 0 Å². The summed E-state index contributed by atoms with van der Waals surface area (Å²) in [7, 11) is 0. The zero-order valence-electron chi connectivity index (χ0n) is 9.93. The molecule has 0 aromatic carbocycles. The first-order valence-corrected chi connectivity index (χ1v) is 7.63. The summed E-state index contributed by atoms with van der Waals surface area (Å²) in [6, 6.07) is 0. The number of anilines is 1. The second kappa shape index (κ2) is 4.83. The van der Waals surface area contributed by atoms with E-state index in [-0.39, 0.29) is 0 Å². The summed E-state index contributed by atoms with van der Waals surface area (Å²) in [4.78, 5) is 13.5. The van der Waals surface area contributed by atoms with Crippen molar-refractivity contribution in [2.24, 2.45) is 5.84 Å². The molecular formula is C11H13N5S2. The van der Waals surface area contributed by atoms with Gasteiger partial charge in [0.1, 0.15) is 11.6 Å². The molecule has 0 spiro atoms. The number of nitrogens with two attached hydrogens (primary N) is 1. The average molecular weight is 279 g/mol. The van der Waals surface area contributed by atoms with Crippen LogP contribution in [0, 0.1) is 6.92 Å². The maximum absolute atomic E-state index is 5.53. The number of hydrogen-bond donors (Lipinski definition) is 2. The highest BCUT2D eigenvalue weighted by molar-refractivity contribution is 7.98. The third kappa shape index (κ3) is 2.21. The van der Waals surface area contributed by atoms with E-state index in [1.807, 2.05) is 18.7 Å². The van der Waals surface area contributed by atoms with Gasteiger partial charge in [-0.3, -0.25) is 0 Å². The standard InChI is InChI=1S/C11H13N5S2/c1-6-13-7(3-18-6)2-10-14-9-5-17-4-8(9)11(15-10)16-12/h3H,2,4-5,12H2,1H3,(H,14,15,16). The topological polar surface area (TPSA) is 76.7 Å². The first-order valence-electron chi connectivity index (χ1n) is 5.60. The van der Waals surface area contributed by atoms with Crippen molar-refractivity contribution in [3.8, 4) is 0 Å². The van der Waals surface area contributed by atoms with Gasteiger partial charge in [-0.25, -0.2) is 20.8 Å². The number of hydrogen-bond acceptors (Lipinski definition) is 7. The van der Waals surface area contributed by atoms with Crippen molar-refractivity contribution in [2.75, 3.05) is 5.43 Å². The van der Waals surface area contributed by atoms with Crippen molar-refractivity contribution in [1.82, 2.24) is 15.0 Å². The van der Waals surface area contributed by atoms with Crippen molar-refractivity contribution in [3.05, 3.63) is 33.2 Å². The van der Waals surface area contributed by atoms with E-state index in [4.69, 9.17) is 5.84 Å². The molecule has 2 aromatic heterocycles. The predicted molar refractivity (Wildman–Crippen MR) is 74.5 cm³/mol. The summed E-state index contributed by atoms with van der Waals surface area (Å²) < 4.78 is 0. The average Bonchev–Trinajstić information content (AvgIpc) is 2.97. The van der Waals surface area contributed by atoms with Crippen molar-refractivity contribution >= 4 is 28.9 Å². The highest BCUT2D eigenvalue weighted by Gasteiger charge is 2.19. The summed E-state index contributed by atoms with van der Waals surface area (Å²) >= 11 is 3.49. The normalized spacial score (nSPS) is 13.7. The molecule has 0 saturated carbocycles. The predicted octanol–water partition coefficient (Wildman–Crippen LogP) is 1.86. The number of thiazole rings is 1. The van der Waals surface area contributed by atoms with Crippen LogP contribution in [0.2, 0.25) is 0 Å². The molecule has 7 heteroatoms. The first-order chi connectivity index (χ1) is 8.76. The second-order valence-electron chi connectivity index (χ2n) is 4.09. The quantitative estimate of drug-likeness (QED) is 0.660. The van der Waals surface area contributed by atoms with Gasteiger partial charge < -0.3 is 5.43 Å². The minimum absolute atomic E-state index is 0.664. The van der Waals surface area contributed by atoms with E-state index in [1.54, 1.807) is 11.3 Å². The number of nitrogens with one attached hydrogen (secondary N) is 1. The fourth-order valence-corrected chi connectivity index (χ4v) is 3.61. The van der Waals surface area contributed by atoms with E-state index in [1.165, 1.54) is 0 Å². The number of hydrazine groups is 1. The van der Waals surface area contributed by atoms with Gasteiger partial charge in [0.25, 0.3) is 0 Å². The molecule has 18 heavy (non-hydrogen) atoms. The van der Waals surface area contributed by atoms with Crippen LogP contribution >= 0.6 is 23.1 Å². The highest BCUT2D eigenvalue weighted by Crippen LogP contribution is 2.32. The number of nitrogen functional groups attached to an aromatic ring is 1. The maximum atomic E-state index is 5.53. The van der Waals surface area contributed by atoms with Gasteiger partial charge in [0.05, 0.1) is 22.8 Å². The van der Waals surface area contributed by atoms with Gasteiger partial charge in [0.2, 0.25) is 0 Å². The number of aromatic nitrogens is 3. The van der Waals surface area contributed by atoms with Crippen LogP contribution < -0.4 is 11.3 Å². The Morgan fingerprint density at radius 2 is 2.22 bits per heavy atom. The van der Waals surface area contributed by atoms with Crippen LogP contribution in [0.1, 0.15) is 27.8 Å². The minimum Gasteiger partial charge on any atom is -0.308 e. The van der Waals surface area contributed by atoms with Crippen LogP contribution in [0.3, 0.4) is 0 Å². The maximum Gasteiger partial charge on any atom is 0.148 e. The lowest BCUT2D eigenvalue weighted by molar-refractivity contribution is 0.907. The molecule has 0 fully saturated rings. The van der Waals surface area contributed by atoms with E-state index in [2.05, 4.69) is 25.8 Å². The van der Waals surface area contributed by atoms with Crippen LogP contribution in [-0.4, -0.2) is 15.0 Å². The van der Waals surface area contributed by atoms with Gasteiger partial charge in [0.15, 0.2) is 0 Å². The second-order valence-corrected chi connectivity index (χ2v) is 6.13. The van der Waals surface area contributed by atoms with Gasteiger partial charge in [-0.1, -0.05) is 0 Å². The van der Waals surface area contributed by atoms with Crippen LogP contribution in [-0.2, 0) is 17.9 Å². The molecule has 0 unspecified atom stereocenters. The molecule has 0 amide bonds. The SMILES string of the molecule is Cc1nc(Cc2nc3c(c(NN)n2)CSC3)cs1. The lowest BCUT2D eigenvalue weighted by Gasteiger charge is -2.07. The third-order valence-electron chi connectivity index (χ3n) is 2.77. The van der Waals surface area contributed by atoms with Crippen LogP contribution in [0.4, 0.5) is 5.82 Å². The summed E-state index contributed by atoms with van der Waals surface area (Å²) in [5.41, 5.74) is 5.94. The van der Waals surface area contributed by atoms with E-state index in [9.17, 15) is 0 Å². The van der Waals surface area contributed by atoms with Crippen LogP contribution in [0.25, 0.3) is 0 Å². The molecule has 3 heterocycles. The Morgan fingerprint density at radius 3 is 2.94 bits per heavy atom. The van der Waals surface area contributed by atoms with Gasteiger partial charge in [-0.05, 0) is 6.92 Å². The van der Waals surface area contributed by atoms with Crippen LogP contribution in [0.15, 0.2) is 5.38 Å². The minimum atomic E-state index is 0.664. The molecule has 0 atom stereocenters. The van der Waals surface area contributed by atoms with Gasteiger partial charge in [-0.15, -0.1) is 11.3 Å². The third-order valence-corrected chi connectivity index (χ3v) is 4.56. The van der Waals surface area contributed by atoms with Crippen molar-refractivity contribution in [3.63, 3.8) is 0 Å². The van der Waals surface area contributed by atoms with E-state index in [0.29, 0.717) is 6.42 Å². The number of thioether (sulfide) groups is 1. The van der Waals surface area contributed by atoms with Gasteiger partial charge in [0, 0.05) is 22.4 Å². The summed E-state index contributed by atoms with van der Waals surface area (Å²) in [5.74, 6) is 8.94. The monoisotopic (exact) mass is 279 g/mol. The molecule has 1 aliphatic rings. The number of rotatable bonds is 3. The zero-order valence-corrected chi connectivity index (χ0v) is 11.6. The Labute approximate surface area is 113 Å². The summed E-state index contributed by atoms with van der Waals surface area (Å²) in [6.07, 6.45) is 0.664.